The second-order valence-electron chi connectivity index (χ2n) is 14.2. The van der Waals surface area contributed by atoms with Gasteiger partial charge in [-0.25, -0.2) is 4.79 Å². The van der Waals surface area contributed by atoms with Crippen molar-refractivity contribution in [3.8, 4) is 0 Å². The van der Waals surface area contributed by atoms with Crippen LogP contribution >= 0.6 is 0 Å². The maximum Gasteiger partial charge on any atom is 0.348 e. The normalized spacial score (nSPS) is 22.5. The van der Waals surface area contributed by atoms with Crippen molar-refractivity contribution in [2.45, 2.75) is 153 Å². The highest BCUT2D eigenvalue weighted by Gasteiger charge is 2.57. The Balaban J connectivity index is 1.22. The highest BCUT2D eigenvalue weighted by atomic mass is 16.7. The molecule has 3 unspecified atom stereocenters. The number of quaternary nitrogens is 1. The highest BCUT2D eigenvalue weighted by Crippen LogP contribution is 2.47. The molecule has 6 heteroatoms. The van der Waals surface area contributed by atoms with Crippen molar-refractivity contribution in [3.05, 3.63) is 71.8 Å². The first-order valence-corrected chi connectivity index (χ1v) is 18.5. The summed E-state index contributed by atoms with van der Waals surface area (Å²) in [5.41, 5.74) is -0.216. The van der Waals surface area contributed by atoms with Gasteiger partial charge in [-0.2, -0.15) is 0 Å². The molecule has 3 heterocycles. The van der Waals surface area contributed by atoms with Gasteiger partial charge in [-0.1, -0.05) is 125 Å². The van der Waals surface area contributed by atoms with Crippen LogP contribution in [0.4, 0.5) is 0 Å². The third-order valence-corrected chi connectivity index (χ3v) is 11.1. The lowest BCUT2D eigenvalue weighted by atomic mass is 9.85. The standard InChI is InChI=1S/C40H58NO5/c1-3-4-5-6-7-8-9-10-11-18-25-38(42)44-32(2)46-40(33-21-14-12-15-22-33,34-23-16-13-17-24-34)39(43)45-37-30-35-26-27-36(31-37)41(35)28-19-20-29-41/h12-17,21-24,32,35-37H,3-11,18-20,25-31H2,1-2H3/q+1. The molecule has 3 aliphatic heterocycles. The van der Waals surface area contributed by atoms with Crippen LogP contribution in [0, 0.1) is 0 Å². The molecule has 3 saturated heterocycles. The number of rotatable bonds is 18. The Labute approximate surface area is 277 Å². The summed E-state index contributed by atoms with van der Waals surface area (Å²) >= 11 is 0. The minimum absolute atomic E-state index is 0.140. The van der Waals surface area contributed by atoms with Crippen LogP contribution in [0.3, 0.4) is 0 Å². The molecule has 3 aliphatic rings. The number of hydrogen-bond donors (Lipinski definition) is 0. The fourth-order valence-electron chi connectivity index (χ4n) is 8.75. The summed E-state index contributed by atoms with van der Waals surface area (Å²) in [6, 6.07) is 20.3. The Kier molecular flexibility index (Phi) is 12.7. The molecule has 2 aromatic rings. The van der Waals surface area contributed by atoms with E-state index in [-0.39, 0.29) is 12.1 Å². The smallest absolute Gasteiger partial charge is 0.348 e. The Morgan fingerprint density at radius 2 is 1.26 bits per heavy atom. The Bertz CT molecular complexity index is 1160. The van der Waals surface area contributed by atoms with E-state index in [9.17, 15) is 9.59 Å². The van der Waals surface area contributed by atoms with Crippen molar-refractivity contribution in [1.29, 1.82) is 0 Å². The first-order valence-electron chi connectivity index (χ1n) is 18.5. The van der Waals surface area contributed by atoms with E-state index in [4.69, 9.17) is 14.2 Å². The zero-order valence-electron chi connectivity index (χ0n) is 28.5. The van der Waals surface area contributed by atoms with Crippen LogP contribution in [0.25, 0.3) is 0 Å². The second-order valence-corrected chi connectivity index (χ2v) is 14.2. The fourth-order valence-corrected chi connectivity index (χ4v) is 8.75. The summed E-state index contributed by atoms with van der Waals surface area (Å²) in [5, 5.41) is 0. The molecule has 0 amide bonds. The number of piperidine rings is 1. The molecular formula is C40H58NO5+. The minimum Gasteiger partial charge on any atom is -0.459 e. The number of ether oxygens (including phenoxy) is 3. The van der Waals surface area contributed by atoms with Gasteiger partial charge in [0.1, 0.15) is 6.10 Å². The maximum absolute atomic E-state index is 14.6. The summed E-state index contributed by atoms with van der Waals surface area (Å²) in [4.78, 5) is 27.5. The van der Waals surface area contributed by atoms with Gasteiger partial charge in [-0.3, -0.25) is 4.79 Å². The van der Waals surface area contributed by atoms with E-state index in [0.717, 1.165) is 32.1 Å². The van der Waals surface area contributed by atoms with E-state index < -0.39 is 17.9 Å². The quantitative estimate of drug-likeness (QED) is 0.0710. The van der Waals surface area contributed by atoms with Gasteiger partial charge in [-0.15, -0.1) is 0 Å². The van der Waals surface area contributed by atoms with Crippen LogP contribution in [0.1, 0.15) is 134 Å². The first kappa shape index (κ1) is 34.6. The SMILES string of the molecule is CCCCCCCCCCCCC(=O)OC(C)OC(C(=O)OC1CC2CCC(C1)[N+]21CCCC1)(c1ccccc1)c1ccccc1. The topological polar surface area (TPSA) is 61.8 Å². The minimum atomic E-state index is -1.56. The number of hydrogen-bond acceptors (Lipinski definition) is 5. The van der Waals surface area contributed by atoms with Crippen molar-refractivity contribution in [1.82, 2.24) is 0 Å². The van der Waals surface area contributed by atoms with E-state index in [2.05, 4.69) is 6.92 Å². The molecule has 2 aromatic carbocycles. The highest BCUT2D eigenvalue weighted by molar-refractivity contribution is 5.86. The molecule has 0 aliphatic carbocycles. The molecule has 0 aromatic heterocycles. The summed E-state index contributed by atoms with van der Waals surface area (Å²) in [6.45, 7) is 6.52. The lowest BCUT2D eigenvalue weighted by Crippen LogP contribution is -2.60. The molecule has 6 nitrogen and oxygen atoms in total. The zero-order valence-corrected chi connectivity index (χ0v) is 28.5. The van der Waals surface area contributed by atoms with Crippen molar-refractivity contribution < 1.29 is 28.3 Å². The van der Waals surface area contributed by atoms with Crippen LogP contribution < -0.4 is 0 Å². The molecule has 0 saturated carbocycles. The van der Waals surface area contributed by atoms with Crippen LogP contribution in [-0.4, -0.2) is 54.0 Å². The largest absolute Gasteiger partial charge is 0.459 e. The molecule has 5 rings (SSSR count). The summed E-state index contributed by atoms with van der Waals surface area (Å²) in [5.74, 6) is -0.722. The molecule has 3 fully saturated rings. The molecule has 46 heavy (non-hydrogen) atoms. The molecular weight excluding hydrogens is 574 g/mol. The number of esters is 2. The number of benzene rings is 2. The van der Waals surface area contributed by atoms with E-state index in [1.807, 2.05) is 60.7 Å². The van der Waals surface area contributed by atoms with Crippen LogP contribution in [0.2, 0.25) is 0 Å². The van der Waals surface area contributed by atoms with Gasteiger partial charge >= 0.3 is 11.9 Å². The van der Waals surface area contributed by atoms with Crippen molar-refractivity contribution >= 4 is 11.9 Å². The number of unbranched alkanes of at least 4 members (excludes halogenated alkanes) is 9. The third-order valence-electron chi connectivity index (χ3n) is 11.1. The van der Waals surface area contributed by atoms with Gasteiger partial charge in [0.15, 0.2) is 0 Å². The number of carbonyl (C=O) groups is 2. The van der Waals surface area contributed by atoms with Gasteiger partial charge in [0, 0.05) is 44.9 Å². The average Bonchev–Trinajstić information content (AvgIpc) is 3.61. The molecule has 0 N–H and O–H groups in total. The fraction of sp³-hybridized carbons (Fsp3) is 0.650. The Morgan fingerprint density at radius 3 is 1.78 bits per heavy atom. The lowest BCUT2D eigenvalue weighted by Gasteiger charge is -2.47. The predicted molar refractivity (Wildman–Crippen MR) is 182 cm³/mol. The lowest BCUT2D eigenvalue weighted by molar-refractivity contribution is -0.956. The Morgan fingerprint density at radius 1 is 0.761 bits per heavy atom. The van der Waals surface area contributed by atoms with Gasteiger partial charge < -0.3 is 18.7 Å². The maximum atomic E-state index is 14.6. The van der Waals surface area contributed by atoms with Crippen molar-refractivity contribution in [2.24, 2.45) is 0 Å². The average molecular weight is 633 g/mol. The van der Waals surface area contributed by atoms with Gasteiger partial charge in [-0.05, 0) is 24.5 Å². The first-order chi connectivity index (χ1) is 22.5. The molecule has 0 radical (unpaired) electrons. The van der Waals surface area contributed by atoms with E-state index in [0.29, 0.717) is 29.6 Å². The summed E-state index contributed by atoms with van der Waals surface area (Å²) < 4.78 is 20.2. The zero-order chi connectivity index (χ0) is 32.2. The van der Waals surface area contributed by atoms with Crippen LogP contribution in [-0.2, 0) is 29.4 Å². The number of nitrogens with zero attached hydrogens (tertiary/aromatic N) is 1. The van der Waals surface area contributed by atoms with Gasteiger partial charge in [0.25, 0.3) is 0 Å². The van der Waals surface area contributed by atoms with Crippen LogP contribution in [0.15, 0.2) is 60.7 Å². The van der Waals surface area contributed by atoms with E-state index in [1.54, 1.807) is 6.92 Å². The second kappa shape index (κ2) is 16.9. The summed E-state index contributed by atoms with van der Waals surface area (Å²) in [6.07, 6.45) is 18.2. The number of carbonyl (C=O) groups excluding carboxylic acids is 2. The molecule has 252 valence electrons. The predicted octanol–water partition coefficient (Wildman–Crippen LogP) is 8.99. The molecule has 3 atom stereocenters. The molecule has 2 bridgehead atoms. The monoisotopic (exact) mass is 632 g/mol. The van der Waals surface area contributed by atoms with Gasteiger partial charge in [0.2, 0.25) is 11.9 Å². The van der Waals surface area contributed by atoms with Crippen molar-refractivity contribution in [3.63, 3.8) is 0 Å². The summed E-state index contributed by atoms with van der Waals surface area (Å²) in [7, 11) is 0. The van der Waals surface area contributed by atoms with Gasteiger partial charge in [0.05, 0.1) is 25.2 Å². The van der Waals surface area contributed by atoms with Crippen LogP contribution in [0.5, 0.6) is 0 Å². The van der Waals surface area contributed by atoms with E-state index >= 15 is 0 Å². The Hall–Kier alpha value is -2.70. The van der Waals surface area contributed by atoms with E-state index in [1.165, 1.54) is 88.2 Å². The van der Waals surface area contributed by atoms with Crippen molar-refractivity contribution in [2.75, 3.05) is 13.1 Å². The molecule has 1 spiro atoms. The third kappa shape index (κ3) is 8.23.